The molecule has 0 aliphatic heterocycles. The van der Waals surface area contributed by atoms with Crippen LogP contribution in [0.1, 0.15) is 31.5 Å². The van der Waals surface area contributed by atoms with E-state index in [9.17, 15) is 5.11 Å². The van der Waals surface area contributed by atoms with Crippen LogP contribution in [0.3, 0.4) is 0 Å². The molecule has 0 spiro atoms. The summed E-state index contributed by atoms with van der Waals surface area (Å²) in [5, 5.41) is 13.5. The molecule has 2 rings (SSSR count). The maximum Gasteiger partial charge on any atom is 0.202 e. The molecule has 5 heteroatoms. The maximum absolute atomic E-state index is 9.27. The molecule has 1 aromatic heterocycles. The number of rotatable bonds is 3. The molecule has 0 saturated heterocycles. The van der Waals surface area contributed by atoms with Crippen molar-refractivity contribution >= 4 is 16.7 Å². The van der Waals surface area contributed by atoms with Gasteiger partial charge in [0.25, 0.3) is 0 Å². The highest BCUT2D eigenvalue weighted by atomic mass is 32.1. The summed E-state index contributed by atoms with van der Waals surface area (Å²) < 4.78 is 4.14. The van der Waals surface area contributed by atoms with E-state index >= 15 is 0 Å². The molecule has 2 atom stereocenters. The smallest absolute Gasteiger partial charge is 0.202 e. The molecule has 4 nitrogen and oxygen atoms in total. The van der Waals surface area contributed by atoms with Crippen molar-refractivity contribution in [2.75, 3.05) is 11.9 Å². The second-order valence-corrected chi connectivity index (χ2v) is 4.88. The lowest BCUT2D eigenvalue weighted by molar-refractivity contribution is 0.178. The predicted molar refractivity (Wildman–Crippen MR) is 61.1 cm³/mol. The highest BCUT2D eigenvalue weighted by molar-refractivity contribution is 7.09. The zero-order valence-electron chi connectivity index (χ0n) is 8.94. The third-order valence-electron chi connectivity index (χ3n) is 2.98. The lowest BCUT2D eigenvalue weighted by atomic mass is 9.85. The van der Waals surface area contributed by atoms with Gasteiger partial charge in [-0.3, -0.25) is 0 Å². The highest BCUT2D eigenvalue weighted by Gasteiger charge is 2.24. The standard InChI is InChI=1S/C10H17N3OS/c1-7-11-10(15-13-7)12-9-5-3-2-4-8(9)6-14/h8-9,14H,2-6H2,1H3,(H,11,12,13). The fraction of sp³-hybridized carbons (Fsp3) is 0.800. The molecule has 1 heterocycles. The number of hydrogen-bond acceptors (Lipinski definition) is 5. The van der Waals surface area contributed by atoms with Gasteiger partial charge in [-0.25, -0.2) is 4.98 Å². The molecule has 1 aromatic rings. The van der Waals surface area contributed by atoms with E-state index in [1.165, 1.54) is 24.4 Å². The Morgan fingerprint density at radius 1 is 1.47 bits per heavy atom. The summed E-state index contributed by atoms with van der Waals surface area (Å²) in [6.45, 7) is 2.17. The van der Waals surface area contributed by atoms with Crippen LogP contribution in [-0.4, -0.2) is 27.1 Å². The molecule has 0 amide bonds. The summed E-state index contributed by atoms with van der Waals surface area (Å²) >= 11 is 1.40. The van der Waals surface area contributed by atoms with Crippen molar-refractivity contribution < 1.29 is 5.11 Å². The quantitative estimate of drug-likeness (QED) is 0.827. The van der Waals surface area contributed by atoms with E-state index in [4.69, 9.17) is 0 Å². The van der Waals surface area contributed by atoms with Crippen molar-refractivity contribution in [3.8, 4) is 0 Å². The van der Waals surface area contributed by atoms with Gasteiger partial charge in [0.05, 0.1) is 0 Å². The molecule has 0 radical (unpaired) electrons. The van der Waals surface area contributed by atoms with Gasteiger partial charge in [0.1, 0.15) is 5.82 Å². The fourth-order valence-corrected chi connectivity index (χ4v) is 2.77. The van der Waals surface area contributed by atoms with Gasteiger partial charge in [-0.15, -0.1) is 0 Å². The van der Waals surface area contributed by atoms with Gasteiger partial charge >= 0.3 is 0 Å². The zero-order valence-corrected chi connectivity index (χ0v) is 9.76. The van der Waals surface area contributed by atoms with E-state index in [0.717, 1.165) is 23.8 Å². The SMILES string of the molecule is Cc1nsc(NC2CCCCC2CO)n1. The van der Waals surface area contributed by atoms with Crippen molar-refractivity contribution in [2.24, 2.45) is 5.92 Å². The number of aryl methyl sites for hydroxylation is 1. The number of nitrogens with one attached hydrogen (secondary N) is 1. The first-order valence-electron chi connectivity index (χ1n) is 5.47. The van der Waals surface area contributed by atoms with E-state index in [1.54, 1.807) is 0 Å². The highest BCUT2D eigenvalue weighted by Crippen LogP contribution is 2.27. The normalized spacial score (nSPS) is 26.5. The molecule has 2 unspecified atom stereocenters. The second kappa shape index (κ2) is 4.90. The molecular formula is C10H17N3OS. The number of anilines is 1. The Morgan fingerprint density at radius 2 is 2.27 bits per heavy atom. The van der Waals surface area contributed by atoms with Crippen molar-refractivity contribution in [3.05, 3.63) is 5.82 Å². The van der Waals surface area contributed by atoms with Gasteiger partial charge < -0.3 is 10.4 Å². The Kier molecular flexibility index (Phi) is 3.53. The molecule has 84 valence electrons. The van der Waals surface area contributed by atoms with Crippen molar-refractivity contribution in [3.63, 3.8) is 0 Å². The summed E-state index contributed by atoms with van der Waals surface area (Å²) in [5.41, 5.74) is 0. The average Bonchev–Trinajstić information content (AvgIpc) is 2.65. The summed E-state index contributed by atoms with van der Waals surface area (Å²) in [4.78, 5) is 4.29. The molecule has 0 bridgehead atoms. The Hall–Kier alpha value is -0.680. The summed E-state index contributed by atoms with van der Waals surface area (Å²) in [5.74, 6) is 1.20. The van der Waals surface area contributed by atoms with Crippen molar-refractivity contribution in [2.45, 2.75) is 38.6 Å². The topological polar surface area (TPSA) is 58.0 Å². The van der Waals surface area contributed by atoms with Gasteiger partial charge in [0.2, 0.25) is 5.13 Å². The Labute approximate surface area is 93.9 Å². The maximum atomic E-state index is 9.27. The first-order valence-corrected chi connectivity index (χ1v) is 6.24. The molecule has 0 aromatic carbocycles. The van der Waals surface area contributed by atoms with E-state index in [-0.39, 0.29) is 6.61 Å². The van der Waals surface area contributed by atoms with E-state index < -0.39 is 0 Å². The van der Waals surface area contributed by atoms with Gasteiger partial charge in [0.15, 0.2) is 0 Å². The van der Waals surface area contributed by atoms with Crippen LogP contribution >= 0.6 is 11.5 Å². The fourth-order valence-electron chi connectivity index (χ4n) is 2.13. The minimum absolute atomic E-state index is 0.273. The number of aliphatic hydroxyl groups is 1. The largest absolute Gasteiger partial charge is 0.396 e. The lowest BCUT2D eigenvalue weighted by Gasteiger charge is -2.30. The van der Waals surface area contributed by atoms with Crippen molar-refractivity contribution in [1.29, 1.82) is 0 Å². The van der Waals surface area contributed by atoms with Crippen LogP contribution in [0.25, 0.3) is 0 Å². The van der Waals surface area contributed by atoms with Crippen LogP contribution in [0.15, 0.2) is 0 Å². The van der Waals surface area contributed by atoms with Crippen LogP contribution in [0, 0.1) is 12.8 Å². The van der Waals surface area contributed by atoms with Crippen LogP contribution in [0.2, 0.25) is 0 Å². The van der Waals surface area contributed by atoms with E-state index in [0.29, 0.717) is 12.0 Å². The van der Waals surface area contributed by atoms with Crippen LogP contribution < -0.4 is 5.32 Å². The summed E-state index contributed by atoms with van der Waals surface area (Å²) in [7, 11) is 0. The summed E-state index contributed by atoms with van der Waals surface area (Å²) in [6, 6.07) is 0.371. The molecule has 1 fully saturated rings. The molecule has 1 aliphatic carbocycles. The van der Waals surface area contributed by atoms with Gasteiger partial charge in [0, 0.05) is 30.1 Å². The number of aliphatic hydroxyl groups excluding tert-OH is 1. The van der Waals surface area contributed by atoms with E-state index in [2.05, 4.69) is 14.7 Å². The number of hydrogen-bond donors (Lipinski definition) is 2. The molecule has 15 heavy (non-hydrogen) atoms. The Balaban J connectivity index is 1.97. The molecule has 2 N–H and O–H groups in total. The molecule has 1 aliphatic rings. The van der Waals surface area contributed by atoms with Crippen LogP contribution in [0.4, 0.5) is 5.13 Å². The summed E-state index contributed by atoms with van der Waals surface area (Å²) in [6.07, 6.45) is 4.72. The second-order valence-electron chi connectivity index (χ2n) is 4.12. The first kappa shape index (κ1) is 10.8. The minimum atomic E-state index is 0.273. The average molecular weight is 227 g/mol. The monoisotopic (exact) mass is 227 g/mol. The molecule has 1 saturated carbocycles. The Bertz CT molecular complexity index is 315. The zero-order chi connectivity index (χ0) is 10.7. The first-order chi connectivity index (χ1) is 7.29. The van der Waals surface area contributed by atoms with Crippen LogP contribution in [0.5, 0.6) is 0 Å². The Morgan fingerprint density at radius 3 is 2.93 bits per heavy atom. The predicted octanol–water partition coefficient (Wildman–Crippen LogP) is 1.81. The van der Waals surface area contributed by atoms with E-state index in [1.807, 2.05) is 6.92 Å². The third kappa shape index (κ3) is 2.66. The van der Waals surface area contributed by atoms with Gasteiger partial charge in [-0.05, 0) is 19.8 Å². The lowest BCUT2D eigenvalue weighted by Crippen LogP contribution is -2.34. The van der Waals surface area contributed by atoms with Crippen molar-refractivity contribution in [1.82, 2.24) is 9.36 Å². The minimum Gasteiger partial charge on any atom is -0.396 e. The third-order valence-corrected chi connectivity index (χ3v) is 3.72. The van der Waals surface area contributed by atoms with Crippen LogP contribution in [-0.2, 0) is 0 Å². The van der Waals surface area contributed by atoms with Gasteiger partial charge in [-0.2, -0.15) is 4.37 Å². The number of aromatic nitrogens is 2. The number of nitrogens with zero attached hydrogens (tertiary/aromatic N) is 2. The molecular weight excluding hydrogens is 210 g/mol. The van der Waals surface area contributed by atoms with Gasteiger partial charge in [-0.1, -0.05) is 12.8 Å².